The fourth-order valence-electron chi connectivity index (χ4n) is 1.63. The Kier molecular flexibility index (Phi) is 2.66. The average Bonchev–Trinajstić information content (AvgIpc) is 2.99. The third-order valence-electron chi connectivity index (χ3n) is 2.43. The lowest BCUT2D eigenvalue weighted by Crippen LogP contribution is -1.82. The Morgan fingerprint density at radius 2 is 1.82 bits per heavy atom. The number of thiophene rings is 1. The summed E-state index contributed by atoms with van der Waals surface area (Å²) >= 11 is 3.20. The number of hydrogen-bond donors (Lipinski definition) is 1. The number of nitrogens with zero attached hydrogens (tertiary/aromatic N) is 1. The van der Waals surface area contributed by atoms with Crippen LogP contribution in [0.5, 0.6) is 0 Å². The van der Waals surface area contributed by atoms with Crippen molar-refractivity contribution in [1.82, 2.24) is 4.98 Å². The molecule has 4 heteroatoms. The molecule has 84 valence electrons. The largest absolute Gasteiger partial charge is 0.389 e. The van der Waals surface area contributed by atoms with Gasteiger partial charge in [-0.2, -0.15) is 0 Å². The number of anilines is 1. The predicted molar refractivity (Wildman–Crippen MR) is 75.3 cm³/mol. The number of nitrogens with two attached hydrogens (primary N) is 1. The van der Waals surface area contributed by atoms with Crippen molar-refractivity contribution in [2.45, 2.75) is 0 Å². The summed E-state index contributed by atoms with van der Waals surface area (Å²) in [6, 6.07) is 14.2. The second-order valence-electron chi connectivity index (χ2n) is 3.58. The fourth-order valence-corrected chi connectivity index (χ4v) is 3.27. The van der Waals surface area contributed by atoms with Gasteiger partial charge in [-0.05, 0) is 11.4 Å². The zero-order valence-electron chi connectivity index (χ0n) is 8.96. The van der Waals surface area contributed by atoms with E-state index >= 15 is 0 Å². The molecule has 0 fully saturated rings. The van der Waals surface area contributed by atoms with Crippen molar-refractivity contribution < 1.29 is 0 Å². The van der Waals surface area contributed by atoms with E-state index in [0.717, 1.165) is 26.1 Å². The van der Waals surface area contributed by atoms with E-state index in [0.29, 0.717) is 0 Å². The van der Waals surface area contributed by atoms with Crippen molar-refractivity contribution in [3.63, 3.8) is 0 Å². The van der Waals surface area contributed by atoms with E-state index in [1.807, 2.05) is 35.7 Å². The molecule has 0 aliphatic carbocycles. The normalized spacial score (nSPS) is 10.6. The maximum absolute atomic E-state index is 6.03. The van der Waals surface area contributed by atoms with E-state index in [1.54, 1.807) is 11.3 Å². The molecule has 2 N–H and O–H groups in total. The summed E-state index contributed by atoms with van der Waals surface area (Å²) in [6.07, 6.45) is 0. The van der Waals surface area contributed by atoms with Gasteiger partial charge in [0.25, 0.3) is 0 Å². The first-order valence-electron chi connectivity index (χ1n) is 5.20. The number of thiazole rings is 1. The van der Waals surface area contributed by atoms with Gasteiger partial charge in [0, 0.05) is 5.56 Å². The SMILES string of the molecule is Nc1sc(-c2ccccc2)nc1-c1cccs1. The Hall–Kier alpha value is -1.65. The van der Waals surface area contributed by atoms with Gasteiger partial charge in [-0.15, -0.1) is 11.3 Å². The number of benzene rings is 1. The van der Waals surface area contributed by atoms with E-state index in [-0.39, 0.29) is 0 Å². The molecule has 17 heavy (non-hydrogen) atoms. The molecule has 2 nitrogen and oxygen atoms in total. The van der Waals surface area contributed by atoms with Crippen LogP contribution >= 0.6 is 22.7 Å². The smallest absolute Gasteiger partial charge is 0.126 e. The molecule has 0 saturated carbocycles. The molecular weight excluding hydrogens is 248 g/mol. The highest BCUT2D eigenvalue weighted by atomic mass is 32.1. The van der Waals surface area contributed by atoms with Crippen molar-refractivity contribution in [3.05, 3.63) is 47.8 Å². The summed E-state index contributed by atoms with van der Waals surface area (Å²) in [4.78, 5) is 5.75. The molecule has 2 aromatic heterocycles. The molecule has 0 radical (unpaired) electrons. The van der Waals surface area contributed by atoms with Crippen LogP contribution in [0.1, 0.15) is 0 Å². The molecule has 0 bridgehead atoms. The molecule has 0 aliphatic heterocycles. The van der Waals surface area contributed by atoms with E-state index in [4.69, 9.17) is 5.73 Å². The average molecular weight is 258 g/mol. The van der Waals surface area contributed by atoms with Crippen LogP contribution in [0.2, 0.25) is 0 Å². The molecule has 2 heterocycles. The molecule has 0 spiro atoms. The first kappa shape index (κ1) is 10.5. The molecule has 3 rings (SSSR count). The van der Waals surface area contributed by atoms with Crippen LogP contribution in [-0.4, -0.2) is 4.98 Å². The lowest BCUT2D eigenvalue weighted by Gasteiger charge is -1.93. The molecule has 0 aliphatic rings. The number of nitrogen functional groups attached to an aromatic ring is 1. The summed E-state index contributed by atoms with van der Waals surface area (Å²) in [5.41, 5.74) is 8.06. The Bertz CT molecular complexity index is 612. The van der Waals surface area contributed by atoms with Crippen LogP contribution in [-0.2, 0) is 0 Å². The number of hydrogen-bond acceptors (Lipinski definition) is 4. The second-order valence-corrected chi connectivity index (χ2v) is 5.55. The topological polar surface area (TPSA) is 38.9 Å². The molecule has 1 aromatic carbocycles. The second kappa shape index (κ2) is 4.31. The van der Waals surface area contributed by atoms with Gasteiger partial charge in [0.2, 0.25) is 0 Å². The third-order valence-corrected chi connectivity index (χ3v) is 4.24. The van der Waals surface area contributed by atoms with Crippen molar-refractivity contribution in [2.75, 3.05) is 5.73 Å². The Morgan fingerprint density at radius 3 is 2.53 bits per heavy atom. The van der Waals surface area contributed by atoms with Crippen LogP contribution in [0.3, 0.4) is 0 Å². The van der Waals surface area contributed by atoms with Gasteiger partial charge >= 0.3 is 0 Å². The van der Waals surface area contributed by atoms with Gasteiger partial charge in [-0.1, -0.05) is 47.7 Å². The number of rotatable bonds is 2. The standard InChI is InChI=1S/C13H10N2S2/c14-12-11(10-7-4-8-16-10)15-13(17-12)9-5-2-1-3-6-9/h1-8H,14H2. The Balaban J connectivity index is 2.08. The van der Waals surface area contributed by atoms with Gasteiger partial charge in [-0.3, -0.25) is 0 Å². The zero-order chi connectivity index (χ0) is 11.7. The lowest BCUT2D eigenvalue weighted by atomic mass is 10.2. The van der Waals surface area contributed by atoms with Gasteiger partial charge in [-0.25, -0.2) is 4.98 Å². The molecule has 0 atom stereocenters. The highest BCUT2D eigenvalue weighted by Gasteiger charge is 2.12. The quantitative estimate of drug-likeness (QED) is 0.751. The number of aromatic nitrogens is 1. The molecule has 3 aromatic rings. The Labute approximate surface area is 107 Å². The van der Waals surface area contributed by atoms with E-state index in [1.165, 1.54) is 11.3 Å². The Morgan fingerprint density at radius 1 is 1.00 bits per heavy atom. The van der Waals surface area contributed by atoms with E-state index < -0.39 is 0 Å². The molecule has 0 saturated heterocycles. The van der Waals surface area contributed by atoms with Gasteiger partial charge in [0.05, 0.1) is 4.88 Å². The highest BCUT2D eigenvalue weighted by Crippen LogP contribution is 2.37. The zero-order valence-corrected chi connectivity index (χ0v) is 10.6. The first-order chi connectivity index (χ1) is 8.34. The third kappa shape index (κ3) is 1.97. The van der Waals surface area contributed by atoms with Gasteiger partial charge < -0.3 is 5.73 Å². The van der Waals surface area contributed by atoms with Gasteiger partial charge in [0.15, 0.2) is 0 Å². The van der Waals surface area contributed by atoms with Crippen molar-refractivity contribution in [1.29, 1.82) is 0 Å². The van der Waals surface area contributed by atoms with E-state index in [9.17, 15) is 0 Å². The minimum atomic E-state index is 0.784. The van der Waals surface area contributed by atoms with E-state index in [2.05, 4.69) is 17.1 Å². The van der Waals surface area contributed by atoms with Crippen molar-refractivity contribution in [2.24, 2.45) is 0 Å². The summed E-state index contributed by atoms with van der Waals surface area (Å²) in [5.74, 6) is 0. The maximum atomic E-state index is 6.03. The minimum Gasteiger partial charge on any atom is -0.389 e. The molecule has 0 amide bonds. The summed E-state index contributed by atoms with van der Waals surface area (Å²) in [7, 11) is 0. The summed E-state index contributed by atoms with van der Waals surface area (Å²) < 4.78 is 0. The van der Waals surface area contributed by atoms with Crippen LogP contribution in [0.25, 0.3) is 21.1 Å². The van der Waals surface area contributed by atoms with Crippen LogP contribution in [0.4, 0.5) is 5.00 Å². The lowest BCUT2D eigenvalue weighted by molar-refractivity contribution is 1.42. The minimum absolute atomic E-state index is 0.784. The van der Waals surface area contributed by atoms with Crippen LogP contribution in [0.15, 0.2) is 47.8 Å². The first-order valence-corrected chi connectivity index (χ1v) is 6.90. The van der Waals surface area contributed by atoms with Gasteiger partial charge in [0.1, 0.15) is 15.7 Å². The predicted octanol–water partition coefficient (Wildman–Crippen LogP) is 4.12. The highest BCUT2D eigenvalue weighted by molar-refractivity contribution is 7.20. The van der Waals surface area contributed by atoms with Crippen molar-refractivity contribution >= 4 is 27.7 Å². The summed E-state index contributed by atoms with van der Waals surface area (Å²) in [6.45, 7) is 0. The molecule has 0 unspecified atom stereocenters. The molecular formula is C13H10N2S2. The van der Waals surface area contributed by atoms with Crippen LogP contribution < -0.4 is 5.73 Å². The maximum Gasteiger partial charge on any atom is 0.126 e. The monoisotopic (exact) mass is 258 g/mol. The fraction of sp³-hybridized carbons (Fsp3) is 0. The van der Waals surface area contributed by atoms with Crippen molar-refractivity contribution in [3.8, 4) is 21.1 Å². The van der Waals surface area contributed by atoms with Crippen LogP contribution in [0, 0.1) is 0 Å². The summed E-state index contributed by atoms with van der Waals surface area (Å²) in [5, 5.41) is 3.80.